The van der Waals surface area contributed by atoms with E-state index in [0.29, 0.717) is 12.2 Å². The van der Waals surface area contributed by atoms with Gasteiger partial charge in [0.15, 0.2) is 0 Å². The fourth-order valence-corrected chi connectivity index (χ4v) is 1.60. The minimum Gasteiger partial charge on any atom is -0.385 e. The molecular formula is C13H18N4O4. The number of amides is 2. The molecule has 21 heavy (non-hydrogen) atoms. The van der Waals surface area contributed by atoms with Crippen LogP contribution in [0.2, 0.25) is 0 Å². The first-order valence-electron chi connectivity index (χ1n) is 6.50. The molecule has 8 heteroatoms. The van der Waals surface area contributed by atoms with Gasteiger partial charge in [-0.1, -0.05) is 6.92 Å². The summed E-state index contributed by atoms with van der Waals surface area (Å²) >= 11 is 0. The van der Waals surface area contributed by atoms with Crippen LogP contribution in [0.15, 0.2) is 18.2 Å². The number of hydrogen-bond acceptors (Lipinski definition) is 5. The number of benzene rings is 1. The Morgan fingerprint density at radius 2 is 2.05 bits per heavy atom. The Kier molecular flexibility index (Phi) is 6.12. The van der Waals surface area contributed by atoms with Crippen molar-refractivity contribution in [2.24, 2.45) is 0 Å². The molecule has 0 saturated carbocycles. The number of nitrogens with zero attached hydrogens (tertiary/aromatic N) is 1. The Balaban J connectivity index is 2.96. The van der Waals surface area contributed by atoms with Gasteiger partial charge in [0.2, 0.25) is 5.91 Å². The van der Waals surface area contributed by atoms with Crippen molar-refractivity contribution in [2.75, 3.05) is 25.5 Å². The second kappa shape index (κ2) is 7.83. The zero-order valence-corrected chi connectivity index (χ0v) is 11.9. The summed E-state index contributed by atoms with van der Waals surface area (Å²) in [5.74, 6) is -1.04. The first-order chi connectivity index (χ1) is 9.99. The fourth-order valence-electron chi connectivity index (χ4n) is 1.60. The summed E-state index contributed by atoms with van der Waals surface area (Å²) in [6.07, 6.45) is 0.884. The van der Waals surface area contributed by atoms with Gasteiger partial charge >= 0.3 is 0 Å². The first kappa shape index (κ1) is 16.4. The molecule has 0 spiro atoms. The van der Waals surface area contributed by atoms with E-state index >= 15 is 0 Å². The zero-order chi connectivity index (χ0) is 15.8. The van der Waals surface area contributed by atoms with E-state index in [4.69, 9.17) is 0 Å². The molecule has 114 valence electrons. The van der Waals surface area contributed by atoms with E-state index in [1.54, 1.807) is 6.07 Å². The number of nitrogens with one attached hydrogen (secondary N) is 3. The summed E-state index contributed by atoms with van der Waals surface area (Å²) in [7, 11) is 1.44. The maximum absolute atomic E-state index is 12.0. The normalized spacial score (nSPS) is 9.81. The topological polar surface area (TPSA) is 113 Å². The van der Waals surface area contributed by atoms with Gasteiger partial charge < -0.3 is 16.0 Å². The van der Waals surface area contributed by atoms with Crippen molar-refractivity contribution in [2.45, 2.75) is 13.3 Å². The van der Waals surface area contributed by atoms with Gasteiger partial charge in [0.05, 0.1) is 11.5 Å². The standard InChI is InChI=1S/C13H18N4O4/c1-3-6-15-9-4-5-11(17(20)21)10(7-9)13(19)16-8-12(18)14-2/h4-5,7,15H,3,6,8H2,1-2H3,(H,14,18)(H,16,19). The molecule has 0 saturated heterocycles. The number of carbonyl (C=O) groups excluding carboxylic acids is 2. The second-order valence-corrected chi connectivity index (χ2v) is 4.27. The van der Waals surface area contributed by atoms with Crippen molar-refractivity contribution in [1.29, 1.82) is 0 Å². The molecule has 8 nitrogen and oxygen atoms in total. The summed E-state index contributed by atoms with van der Waals surface area (Å²) < 4.78 is 0. The molecule has 1 aromatic carbocycles. The number of likely N-dealkylation sites (N-methyl/N-ethyl adjacent to an activating group) is 1. The number of rotatable bonds is 7. The van der Waals surface area contributed by atoms with Gasteiger partial charge in [-0.25, -0.2) is 0 Å². The molecule has 0 aliphatic heterocycles. The first-order valence-corrected chi connectivity index (χ1v) is 6.50. The highest BCUT2D eigenvalue weighted by Crippen LogP contribution is 2.22. The minimum absolute atomic E-state index is 0.0787. The Bertz CT molecular complexity index is 545. The van der Waals surface area contributed by atoms with E-state index in [2.05, 4.69) is 16.0 Å². The van der Waals surface area contributed by atoms with Gasteiger partial charge in [0.25, 0.3) is 11.6 Å². The van der Waals surface area contributed by atoms with Crippen LogP contribution in [-0.2, 0) is 4.79 Å². The Hall–Kier alpha value is -2.64. The van der Waals surface area contributed by atoms with Gasteiger partial charge in [-0.2, -0.15) is 0 Å². The lowest BCUT2D eigenvalue weighted by molar-refractivity contribution is -0.385. The molecule has 2 amide bonds. The third-order valence-electron chi connectivity index (χ3n) is 2.71. The molecule has 0 heterocycles. The SMILES string of the molecule is CCCNc1ccc([N+](=O)[O-])c(C(=O)NCC(=O)NC)c1. The van der Waals surface area contributed by atoms with Crippen molar-refractivity contribution < 1.29 is 14.5 Å². The zero-order valence-electron chi connectivity index (χ0n) is 11.9. The number of hydrogen-bond donors (Lipinski definition) is 3. The number of nitro groups is 1. The van der Waals surface area contributed by atoms with Gasteiger partial charge in [-0.3, -0.25) is 19.7 Å². The minimum atomic E-state index is -0.662. The molecule has 0 aliphatic carbocycles. The van der Waals surface area contributed by atoms with Crippen LogP contribution in [0.5, 0.6) is 0 Å². The summed E-state index contributed by atoms with van der Waals surface area (Å²) in [6, 6.07) is 4.23. The van der Waals surface area contributed by atoms with Crippen LogP contribution in [-0.4, -0.2) is 36.9 Å². The van der Waals surface area contributed by atoms with E-state index in [0.717, 1.165) is 6.42 Å². The lowest BCUT2D eigenvalue weighted by atomic mass is 10.1. The third kappa shape index (κ3) is 4.75. The summed E-state index contributed by atoms with van der Waals surface area (Å²) in [6.45, 7) is 2.44. The van der Waals surface area contributed by atoms with Crippen LogP contribution in [0, 0.1) is 10.1 Å². The molecule has 0 atom stereocenters. The fraction of sp³-hybridized carbons (Fsp3) is 0.385. The van der Waals surface area contributed by atoms with Crippen LogP contribution < -0.4 is 16.0 Å². The van der Waals surface area contributed by atoms with Crippen molar-refractivity contribution >= 4 is 23.2 Å². The van der Waals surface area contributed by atoms with Crippen molar-refractivity contribution in [3.05, 3.63) is 33.9 Å². The van der Waals surface area contributed by atoms with Gasteiger partial charge in [0, 0.05) is 25.3 Å². The number of anilines is 1. The summed E-state index contributed by atoms with van der Waals surface area (Å²) in [5.41, 5.74) is 0.240. The Morgan fingerprint density at radius 1 is 1.33 bits per heavy atom. The number of carbonyl (C=O) groups is 2. The predicted octanol–water partition coefficient (Wildman–Crippen LogP) is 0.892. The quantitative estimate of drug-likeness (QED) is 0.510. The maximum Gasteiger partial charge on any atom is 0.282 e. The largest absolute Gasteiger partial charge is 0.385 e. The van der Waals surface area contributed by atoms with Gasteiger partial charge in [-0.15, -0.1) is 0 Å². The summed E-state index contributed by atoms with van der Waals surface area (Å²) in [4.78, 5) is 33.4. The molecule has 0 aromatic heterocycles. The lowest BCUT2D eigenvalue weighted by Gasteiger charge is -2.09. The molecule has 1 aromatic rings. The molecule has 1 rings (SSSR count). The van der Waals surface area contributed by atoms with E-state index in [-0.39, 0.29) is 23.7 Å². The van der Waals surface area contributed by atoms with Crippen LogP contribution in [0.4, 0.5) is 11.4 Å². The predicted molar refractivity (Wildman–Crippen MR) is 78.3 cm³/mol. The molecule has 0 radical (unpaired) electrons. The third-order valence-corrected chi connectivity index (χ3v) is 2.71. The van der Waals surface area contributed by atoms with Crippen LogP contribution >= 0.6 is 0 Å². The molecule has 0 bridgehead atoms. The maximum atomic E-state index is 12.0. The summed E-state index contributed by atoms with van der Waals surface area (Å²) in [5, 5.41) is 18.7. The monoisotopic (exact) mass is 294 g/mol. The van der Waals surface area contributed by atoms with Gasteiger partial charge in [0.1, 0.15) is 5.56 Å². The molecule has 0 fully saturated rings. The highest BCUT2D eigenvalue weighted by molar-refractivity contribution is 6.00. The number of nitro benzene ring substituents is 1. The second-order valence-electron chi connectivity index (χ2n) is 4.27. The molecule has 3 N–H and O–H groups in total. The van der Waals surface area contributed by atoms with Crippen LogP contribution in [0.25, 0.3) is 0 Å². The highest BCUT2D eigenvalue weighted by atomic mass is 16.6. The van der Waals surface area contributed by atoms with E-state index < -0.39 is 10.8 Å². The van der Waals surface area contributed by atoms with E-state index in [1.807, 2.05) is 6.92 Å². The van der Waals surface area contributed by atoms with E-state index in [1.165, 1.54) is 19.2 Å². The lowest BCUT2D eigenvalue weighted by Crippen LogP contribution is -2.35. The van der Waals surface area contributed by atoms with Crippen molar-refractivity contribution in [1.82, 2.24) is 10.6 Å². The molecule has 0 aliphatic rings. The van der Waals surface area contributed by atoms with Gasteiger partial charge in [-0.05, 0) is 18.6 Å². The molecule has 0 unspecified atom stereocenters. The van der Waals surface area contributed by atoms with E-state index in [9.17, 15) is 19.7 Å². The van der Waals surface area contributed by atoms with Crippen LogP contribution in [0.3, 0.4) is 0 Å². The average Bonchev–Trinajstić information content (AvgIpc) is 2.49. The average molecular weight is 294 g/mol. The van der Waals surface area contributed by atoms with Crippen molar-refractivity contribution in [3.63, 3.8) is 0 Å². The Morgan fingerprint density at radius 3 is 2.62 bits per heavy atom. The Labute approximate surface area is 122 Å². The highest BCUT2D eigenvalue weighted by Gasteiger charge is 2.20. The van der Waals surface area contributed by atoms with Crippen LogP contribution in [0.1, 0.15) is 23.7 Å². The molecular weight excluding hydrogens is 276 g/mol. The smallest absolute Gasteiger partial charge is 0.282 e. The van der Waals surface area contributed by atoms with Crippen molar-refractivity contribution in [3.8, 4) is 0 Å².